The fourth-order valence-corrected chi connectivity index (χ4v) is 6.54. The zero-order chi connectivity index (χ0) is 32.6. The first-order chi connectivity index (χ1) is 21.5. The van der Waals surface area contributed by atoms with E-state index in [1.54, 1.807) is 36.4 Å². The molecule has 4 aromatic rings. The summed E-state index contributed by atoms with van der Waals surface area (Å²) in [7, 11) is -4.26. The van der Waals surface area contributed by atoms with Crippen LogP contribution < -0.4 is 9.62 Å². The van der Waals surface area contributed by atoms with Crippen LogP contribution in [0.5, 0.6) is 0 Å². The van der Waals surface area contributed by atoms with Crippen LogP contribution in [0.2, 0.25) is 15.1 Å². The first kappa shape index (κ1) is 34.3. The summed E-state index contributed by atoms with van der Waals surface area (Å²) >= 11 is 18.6. The number of rotatable bonds is 13. The lowest BCUT2D eigenvalue weighted by Crippen LogP contribution is -2.53. The van der Waals surface area contributed by atoms with Crippen LogP contribution in [0.4, 0.5) is 5.69 Å². The smallest absolute Gasteiger partial charge is 0.264 e. The standard InChI is InChI=1S/C34H34Cl3N3O4S/c1-3-19-38-34(42)32(20-25-7-5-4-6-8-25)39(22-26-11-13-27(35)14-12-26)33(41)23-40(28-15-18-30(36)31(37)21-28)45(43,44)29-16-9-24(2)10-17-29/h4-18,21,32H,3,19-20,22-23H2,1-2H3,(H,38,42). The van der Waals surface area contributed by atoms with Gasteiger partial charge < -0.3 is 10.2 Å². The van der Waals surface area contributed by atoms with E-state index in [2.05, 4.69) is 5.32 Å². The molecule has 1 atom stereocenters. The third-order valence-corrected chi connectivity index (χ3v) is 9.94. The van der Waals surface area contributed by atoms with Gasteiger partial charge in [-0.1, -0.05) is 102 Å². The summed E-state index contributed by atoms with van der Waals surface area (Å²) in [5.41, 5.74) is 2.59. The lowest BCUT2D eigenvalue weighted by Gasteiger charge is -2.34. The Labute approximate surface area is 279 Å². The summed E-state index contributed by atoms with van der Waals surface area (Å²) in [5, 5.41) is 3.81. The van der Waals surface area contributed by atoms with Crippen LogP contribution in [0.15, 0.2) is 102 Å². The first-order valence-electron chi connectivity index (χ1n) is 14.4. The summed E-state index contributed by atoms with van der Waals surface area (Å²) in [6.07, 6.45) is 0.919. The number of anilines is 1. The molecule has 0 aliphatic carbocycles. The van der Waals surface area contributed by atoms with E-state index in [0.717, 1.165) is 21.0 Å². The molecule has 0 aromatic heterocycles. The number of nitrogens with zero attached hydrogens (tertiary/aromatic N) is 2. The molecule has 0 heterocycles. The molecule has 7 nitrogen and oxygen atoms in total. The second-order valence-electron chi connectivity index (χ2n) is 10.6. The Kier molecular flexibility index (Phi) is 11.9. The Bertz CT molecular complexity index is 1720. The van der Waals surface area contributed by atoms with Crippen molar-refractivity contribution in [2.75, 3.05) is 17.4 Å². The predicted molar refractivity (Wildman–Crippen MR) is 181 cm³/mol. The number of nitrogens with one attached hydrogen (secondary N) is 1. The molecule has 11 heteroatoms. The van der Waals surface area contributed by atoms with Crippen LogP contribution in [0.25, 0.3) is 0 Å². The van der Waals surface area contributed by atoms with E-state index in [-0.39, 0.29) is 39.5 Å². The Morgan fingerprint density at radius 1 is 0.822 bits per heavy atom. The molecule has 0 aliphatic heterocycles. The molecule has 1 N–H and O–H groups in total. The maximum absolute atomic E-state index is 14.4. The summed E-state index contributed by atoms with van der Waals surface area (Å²) < 4.78 is 29.2. The molecule has 0 radical (unpaired) electrons. The van der Waals surface area contributed by atoms with Gasteiger partial charge in [0.05, 0.1) is 20.6 Å². The molecule has 0 saturated carbocycles. The summed E-state index contributed by atoms with van der Waals surface area (Å²) in [6, 6.07) is 26.1. The number of hydrogen-bond donors (Lipinski definition) is 1. The van der Waals surface area contributed by atoms with E-state index in [9.17, 15) is 18.0 Å². The fraction of sp³-hybridized carbons (Fsp3) is 0.235. The van der Waals surface area contributed by atoms with Crippen molar-refractivity contribution in [3.63, 3.8) is 0 Å². The van der Waals surface area contributed by atoms with E-state index < -0.39 is 28.5 Å². The first-order valence-corrected chi connectivity index (χ1v) is 17.0. The van der Waals surface area contributed by atoms with Gasteiger partial charge >= 0.3 is 0 Å². The van der Waals surface area contributed by atoms with Crippen molar-refractivity contribution in [1.29, 1.82) is 0 Å². The zero-order valence-electron chi connectivity index (χ0n) is 24.9. The Morgan fingerprint density at radius 2 is 1.49 bits per heavy atom. The zero-order valence-corrected chi connectivity index (χ0v) is 28.0. The highest BCUT2D eigenvalue weighted by atomic mass is 35.5. The maximum Gasteiger partial charge on any atom is 0.264 e. The number of benzene rings is 4. The van der Waals surface area contributed by atoms with E-state index in [0.29, 0.717) is 18.0 Å². The quantitative estimate of drug-likeness (QED) is 0.160. The minimum Gasteiger partial charge on any atom is -0.354 e. The van der Waals surface area contributed by atoms with Crippen LogP contribution >= 0.6 is 34.8 Å². The van der Waals surface area contributed by atoms with Crippen LogP contribution in [-0.4, -0.2) is 44.3 Å². The van der Waals surface area contributed by atoms with Crippen molar-refractivity contribution < 1.29 is 18.0 Å². The number of aryl methyl sites for hydroxylation is 1. The van der Waals surface area contributed by atoms with Gasteiger partial charge in [-0.15, -0.1) is 0 Å². The molecule has 0 aliphatic rings. The van der Waals surface area contributed by atoms with Crippen molar-refractivity contribution >= 4 is 62.3 Å². The van der Waals surface area contributed by atoms with Gasteiger partial charge in [-0.2, -0.15) is 0 Å². The highest BCUT2D eigenvalue weighted by Gasteiger charge is 2.34. The van der Waals surface area contributed by atoms with Gasteiger partial charge in [0.15, 0.2) is 0 Å². The second-order valence-corrected chi connectivity index (χ2v) is 13.7. The molecular formula is C34H34Cl3N3O4S. The van der Waals surface area contributed by atoms with Crippen molar-refractivity contribution in [2.24, 2.45) is 0 Å². The predicted octanol–water partition coefficient (Wildman–Crippen LogP) is 7.32. The van der Waals surface area contributed by atoms with E-state index in [1.807, 2.05) is 44.2 Å². The van der Waals surface area contributed by atoms with Gasteiger partial charge in [0.25, 0.3) is 10.0 Å². The Balaban J connectivity index is 1.81. The topological polar surface area (TPSA) is 86.8 Å². The average Bonchev–Trinajstić information content (AvgIpc) is 3.03. The molecule has 45 heavy (non-hydrogen) atoms. The number of carbonyl (C=O) groups is 2. The monoisotopic (exact) mass is 685 g/mol. The molecule has 4 rings (SSSR count). The minimum absolute atomic E-state index is 0.00209. The number of amides is 2. The van der Waals surface area contributed by atoms with E-state index >= 15 is 0 Å². The van der Waals surface area contributed by atoms with Crippen LogP contribution in [0, 0.1) is 6.92 Å². The number of hydrogen-bond acceptors (Lipinski definition) is 4. The number of sulfonamides is 1. The summed E-state index contributed by atoms with van der Waals surface area (Å²) in [5.74, 6) is -0.926. The maximum atomic E-state index is 14.4. The van der Waals surface area contributed by atoms with Gasteiger partial charge in [-0.25, -0.2) is 8.42 Å². The minimum atomic E-state index is -4.26. The van der Waals surface area contributed by atoms with Gasteiger partial charge in [0.2, 0.25) is 11.8 Å². The Morgan fingerprint density at radius 3 is 2.11 bits per heavy atom. The SMILES string of the molecule is CCCNC(=O)C(Cc1ccccc1)N(Cc1ccc(Cl)cc1)C(=O)CN(c1ccc(Cl)c(Cl)c1)S(=O)(=O)c1ccc(C)cc1. The van der Waals surface area contributed by atoms with Crippen molar-refractivity contribution in [3.8, 4) is 0 Å². The second kappa shape index (κ2) is 15.6. The molecule has 2 amide bonds. The molecular weight excluding hydrogens is 653 g/mol. The lowest BCUT2D eigenvalue weighted by atomic mass is 10.0. The van der Waals surface area contributed by atoms with Crippen LogP contribution in [0.3, 0.4) is 0 Å². The molecule has 0 bridgehead atoms. The van der Waals surface area contributed by atoms with Crippen molar-refractivity contribution in [3.05, 3.63) is 129 Å². The Hall–Kier alpha value is -3.56. The van der Waals surface area contributed by atoms with Gasteiger partial charge in [0, 0.05) is 24.5 Å². The van der Waals surface area contributed by atoms with Crippen LogP contribution in [-0.2, 0) is 32.6 Å². The third kappa shape index (κ3) is 9.01. The number of halogens is 3. The summed E-state index contributed by atoms with van der Waals surface area (Å²) in [4.78, 5) is 29.6. The third-order valence-electron chi connectivity index (χ3n) is 7.17. The van der Waals surface area contributed by atoms with Crippen molar-refractivity contribution in [1.82, 2.24) is 10.2 Å². The molecule has 4 aromatic carbocycles. The average molecular weight is 687 g/mol. The molecule has 0 fully saturated rings. The van der Waals surface area contributed by atoms with Gasteiger partial charge in [-0.05, 0) is 66.9 Å². The largest absolute Gasteiger partial charge is 0.354 e. The normalized spacial score (nSPS) is 11.9. The van der Waals surface area contributed by atoms with Crippen LogP contribution in [0.1, 0.15) is 30.0 Å². The van der Waals surface area contributed by atoms with Crippen molar-refractivity contribution in [2.45, 2.75) is 44.2 Å². The van der Waals surface area contributed by atoms with Gasteiger partial charge in [0.1, 0.15) is 12.6 Å². The number of carbonyl (C=O) groups excluding carboxylic acids is 2. The van der Waals surface area contributed by atoms with E-state index in [1.165, 1.54) is 35.2 Å². The van der Waals surface area contributed by atoms with E-state index in [4.69, 9.17) is 34.8 Å². The molecule has 0 spiro atoms. The highest BCUT2D eigenvalue weighted by molar-refractivity contribution is 7.92. The van der Waals surface area contributed by atoms with Gasteiger partial charge in [-0.3, -0.25) is 13.9 Å². The molecule has 1 unspecified atom stereocenters. The highest BCUT2D eigenvalue weighted by Crippen LogP contribution is 2.31. The molecule has 236 valence electrons. The fourth-order valence-electron chi connectivity index (χ4n) is 4.71. The lowest BCUT2D eigenvalue weighted by molar-refractivity contribution is -0.140. The summed E-state index contributed by atoms with van der Waals surface area (Å²) in [6.45, 7) is 3.64. The molecule has 0 saturated heterocycles.